The summed E-state index contributed by atoms with van der Waals surface area (Å²) in [6.07, 6.45) is -3.36. The molecule has 4 saturated heterocycles. The Kier molecular flexibility index (Phi) is 33.7. The number of rotatable bonds is 40. The lowest BCUT2D eigenvalue weighted by Crippen LogP contribution is -2.63. The van der Waals surface area contributed by atoms with E-state index in [1.54, 1.807) is 0 Å². The van der Waals surface area contributed by atoms with E-state index in [1.807, 2.05) is 0 Å². The fourth-order valence-corrected chi connectivity index (χ4v) is 13.8. The van der Waals surface area contributed by atoms with Gasteiger partial charge in [-0.25, -0.2) is 23.1 Å². The summed E-state index contributed by atoms with van der Waals surface area (Å²) in [4.78, 5) is 260. The average molecular weight is 1680 g/mol. The van der Waals surface area contributed by atoms with Crippen LogP contribution in [0.3, 0.4) is 0 Å². The zero-order valence-electron chi connectivity index (χ0n) is 59.3. The van der Waals surface area contributed by atoms with Crippen molar-refractivity contribution in [3.63, 3.8) is 0 Å². The van der Waals surface area contributed by atoms with Crippen LogP contribution in [0.15, 0.2) is 48.5 Å². The van der Waals surface area contributed by atoms with Crippen molar-refractivity contribution >= 4 is 108 Å². The van der Waals surface area contributed by atoms with Crippen molar-refractivity contribution in [3.05, 3.63) is 59.7 Å². The van der Waals surface area contributed by atoms with E-state index in [0.29, 0.717) is 0 Å². The molecule has 624 valence electrons. The summed E-state index contributed by atoms with van der Waals surface area (Å²) in [5.74, 6) is -17.1. The number of aromatic hydroxyl groups is 2. The molecule has 0 bridgehead atoms. The summed E-state index contributed by atoms with van der Waals surface area (Å²) < 4.78 is 65.3. The van der Waals surface area contributed by atoms with Gasteiger partial charge in [0.05, 0.1) is 45.7 Å². The molecule has 0 spiro atoms. The molecule has 14 atom stereocenters. The molecule has 4 heterocycles. The van der Waals surface area contributed by atoms with Crippen molar-refractivity contribution in [2.24, 2.45) is 5.73 Å². The quantitative estimate of drug-likeness (QED) is 0.0276. The minimum absolute atomic E-state index is 0.0342. The second kappa shape index (κ2) is 40.9. The molecule has 6 rings (SSSR count). The number of aliphatic carboxylic acids is 1. The molecule has 0 unspecified atom stereocenters. The zero-order valence-corrected chi connectivity index (χ0v) is 62.9. The summed E-state index contributed by atoms with van der Waals surface area (Å²) in [6.45, 7) is -7.49. The third-order valence-electron chi connectivity index (χ3n) is 17.9. The van der Waals surface area contributed by atoms with Crippen LogP contribution in [-0.4, -0.2) is 317 Å². The molecule has 4 aliphatic rings. The second-order valence-corrected chi connectivity index (χ2v) is 31.1. The van der Waals surface area contributed by atoms with Gasteiger partial charge in [0.1, 0.15) is 90.0 Å². The maximum atomic E-state index is 14.6. The molecule has 0 radical (unpaired) electrons. The first-order valence-electron chi connectivity index (χ1n) is 34.2. The Morgan fingerprint density at radius 1 is 0.411 bits per heavy atom. The van der Waals surface area contributed by atoms with Gasteiger partial charge in [-0.1, -0.05) is 24.3 Å². The Balaban J connectivity index is 1.17. The lowest BCUT2D eigenvalue weighted by atomic mass is 10.0. The number of hydrogen-bond donors (Lipinski definition) is 23. The van der Waals surface area contributed by atoms with Gasteiger partial charge in [0.2, 0.25) is 70.9 Å². The van der Waals surface area contributed by atoms with E-state index in [9.17, 15) is 141 Å². The number of phosphoric acid groups is 4. The van der Waals surface area contributed by atoms with Gasteiger partial charge in [0.25, 0.3) is 0 Å². The number of likely N-dealkylation sites (tertiary alicyclic amines) is 4. The molecule has 112 heavy (non-hydrogen) atoms. The Morgan fingerprint density at radius 2 is 0.688 bits per heavy atom. The van der Waals surface area contributed by atoms with Crippen LogP contribution in [0.5, 0.6) is 11.5 Å². The first-order chi connectivity index (χ1) is 52.3. The molecule has 0 saturated carbocycles. The summed E-state index contributed by atoms with van der Waals surface area (Å²) in [7, 11) is -21.6. The molecule has 24 N–H and O–H groups in total. The zero-order chi connectivity index (χ0) is 83.5. The van der Waals surface area contributed by atoms with Crippen molar-refractivity contribution in [1.82, 2.24) is 62.1 Å². The molecule has 12 amide bonds. The van der Waals surface area contributed by atoms with Gasteiger partial charge in [-0.05, 0) is 93.7 Å². The smallest absolute Gasteiger partial charge is 0.469 e. The van der Waals surface area contributed by atoms with E-state index in [4.69, 9.17) is 15.5 Å². The van der Waals surface area contributed by atoms with Gasteiger partial charge in [-0.15, -0.1) is 0 Å². The van der Waals surface area contributed by atoms with Gasteiger partial charge >= 0.3 is 37.3 Å². The van der Waals surface area contributed by atoms with Crippen LogP contribution < -0.4 is 48.3 Å². The van der Waals surface area contributed by atoms with Crippen molar-refractivity contribution in [3.8, 4) is 11.5 Å². The molecule has 0 aliphatic carbocycles. The number of benzene rings is 2. The molecule has 0 aromatic heterocycles. The Hall–Kier alpha value is -8.57. The second-order valence-electron chi connectivity index (χ2n) is 26.1. The molecule has 4 aliphatic heterocycles. The summed E-state index contributed by atoms with van der Waals surface area (Å²) in [6, 6.07) is -14.3. The Morgan fingerprint density at radius 3 is 1.00 bits per heavy atom. The van der Waals surface area contributed by atoms with E-state index in [2.05, 4.69) is 60.6 Å². The highest BCUT2D eigenvalue weighted by Gasteiger charge is 2.46. The number of nitrogens with one attached hydrogen (secondary N) is 8. The highest BCUT2D eigenvalue weighted by molar-refractivity contribution is 7.47. The lowest BCUT2D eigenvalue weighted by molar-refractivity contribution is -0.150. The normalized spacial score (nSPS) is 20.1. The standard InChI is InChI=1S/C60H89N13O35P4/c1-30(76)47(69-54(85)45-8-4-20-72(45)57(88)40(27-106-110(96,97)98)66-48(79)36(22-31-10-14-33(77)15-11-31)62-50(81)38(24-74)64-52(83)43-6-2-18-70(43)56(87)35(61)26-105-109(93,94)95)55(86)68-42(29-108-112(102,103)104)58(89)71-19-3-7-44(71)53(84)65-39(25-75)51(82)63-37(23-32-12-16-34(78)17-13-32)49(80)67-41(28-107-111(99,100)101)59(90)73-21-5-9-46(73)60(91)92/h10-17,30,35-47,74-78H,2-9,18-29,61H2,1H3,(H,62,81)(H,63,82)(H,64,83)(H,65,84)(H,66,79)(H,67,80)(H,68,86)(H,69,85)(H,91,92)(H2,93,94,95)(H2,96,97,98)(H2,99,100,101)(H2,102,103,104)/t30-,35+,36+,37+,38+,39+,40+,41+,42+,43+,44+,45+,46+,47+/m1/s1. The molecule has 2 aromatic rings. The number of carboxylic acids is 1. The summed E-state index contributed by atoms with van der Waals surface area (Å²) >= 11 is 0. The number of phosphoric ester groups is 4. The number of aliphatic hydroxyl groups excluding tert-OH is 3. The third kappa shape index (κ3) is 27.9. The molecule has 2 aromatic carbocycles. The largest absolute Gasteiger partial charge is 0.508 e. The van der Waals surface area contributed by atoms with Crippen LogP contribution in [0.2, 0.25) is 0 Å². The van der Waals surface area contributed by atoms with Crippen LogP contribution in [0.1, 0.15) is 69.4 Å². The number of phenols is 2. The number of amides is 12. The van der Waals surface area contributed by atoms with Crippen LogP contribution in [0.4, 0.5) is 0 Å². The molecular formula is C60H89N13O35P4. The SMILES string of the molecule is C[C@@H](O)[C@H](NC(=O)[C@@H]1CCCN1C(=O)[C@H](COP(=O)(O)O)NC(=O)[C@H](Cc1ccc(O)cc1)NC(=O)[C@H](CO)NC(=O)[C@@H]1CCCN1C(=O)[C@@H](N)COP(=O)(O)O)C(=O)N[C@@H](COP(=O)(O)O)C(=O)N1CCC[C@H]1C(=O)N[C@@H](CO)C(=O)N[C@@H](Cc1ccc(O)cc1)C(=O)N[C@@H](COP(=O)(O)O)C(=O)N1CCC[C@H]1C(=O)O. The first kappa shape index (κ1) is 92.3. The topological polar surface area (TPSA) is 746 Å². The van der Waals surface area contributed by atoms with Crippen molar-refractivity contribution in [2.45, 2.75) is 156 Å². The summed E-state index contributed by atoms with van der Waals surface area (Å²) in [5.41, 5.74) is 6.16. The maximum absolute atomic E-state index is 14.6. The highest BCUT2D eigenvalue weighted by Crippen LogP contribution is 2.39. The van der Waals surface area contributed by atoms with Crippen molar-refractivity contribution in [2.75, 3.05) is 65.8 Å². The number of carbonyl (C=O) groups is 13. The fraction of sp³-hybridized carbons (Fsp3) is 0.583. The van der Waals surface area contributed by atoms with E-state index in [1.165, 1.54) is 48.5 Å². The first-order valence-corrected chi connectivity index (χ1v) is 40.3. The monoisotopic (exact) mass is 1680 g/mol. The van der Waals surface area contributed by atoms with Crippen molar-refractivity contribution < 1.29 is 168 Å². The van der Waals surface area contributed by atoms with Crippen LogP contribution in [0, 0.1) is 0 Å². The van der Waals surface area contributed by atoms with E-state index in [0.717, 1.165) is 26.5 Å². The number of nitrogens with two attached hydrogens (primary N) is 1. The molecule has 48 nitrogen and oxygen atoms in total. The van der Waals surface area contributed by atoms with Crippen LogP contribution in [0.25, 0.3) is 0 Å². The van der Waals surface area contributed by atoms with Gasteiger partial charge in [0, 0.05) is 39.0 Å². The summed E-state index contributed by atoms with van der Waals surface area (Å²) in [5, 5.41) is 79.2. The number of carboxylic acid groups (broad SMARTS) is 1. The predicted octanol–water partition coefficient (Wildman–Crippen LogP) is -9.06. The molecule has 52 heteroatoms. The Labute approximate surface area is 635 Å². The minimum Gasteiger partial charge on any atom is -0.508 e. The van der Waals surface area contributed by atoms with E-state index < -0.39 is 245 Å². The van der Waals surface area contributed by atoms with Crippen LogP contribution >= 0.6 is 31.3 Å². The Bertz CT molecular complexity index is 3940. The maximum Gasteiger partial charge on any atom is 0.469 e. The predicted molar refractivity (Wildman–Crippen MR) is 371 cm³/mol. The highest BCUT2D eigenvalue weighted by atomic mass is 31.2. The van der Waals surface area contributed by atoms with Gasteiger partial charge < -0.3 is 138 Å². The van der Waals surface area contributed by atoms with Gasteiger partial charge in [-0.3, -0.25) is 75.6 Å². The number of carbonyl (C=O) groups excluding carboxylic acids is 12. The minimum atomic E-state index is -5.57. The van der Waals surface area contributed by atoms with Gasteiger partial charge in [-0.2, -0.15) is 0 Å². The average Bonchev–Trinajstić information content (AvgIpc) is 1.60. The van der Waals surface area contributed by atoms with E-state index in [-0.39, 0.29) is 100 Å². The fourth-order valence-electron chi connectivity index (χ4n) is 12.4. The van der Waals surface area contributed by atoms with E-state index >= 15 is 0 Å². The third-order valence-corrected chi connectivity index (χ3v) is 19.8. The number of phenolic OH excluding ortho intramolecular Hbond substituents is 2. The lowest BCUT2D eigenvalue weighted by Gasteiger charge is -2.32. The van der Waals surface area contributed by atoms with Gasteiger partial charge in [0.15, 0.2) is 0 Å². The number of nitrogens with zero attached hydrogens (tertiary/aromatic N) is 4. The number of hydrogen-bond acceptors (Lipinski definition) is 27. The number of aliphatic hydroxyl groups is 3. The van der Waals surface area contributed by atoms with Crippen molar-refractivity contribution in [1.29, 1.82) is 0 Å². The molecule has 4 fully saturated rings. The van der Waals surface area contributed by atoms with Crippen LogP contribution in [-0.2, 0) is 112 Å². The molecular weight excluding hydrogens is 1590 g/mol.